The van der Waals surface area contributed by atoms with Crippen molar-refractivity contribution in [3.63, 3.8) is 0 Å². The van der Waals surface area contributed by atoms with Crippen LogP contribution in [0.2, 0.25) is 0 Å². The Kier molecular flexibility index (Phi) is 3.22. The molecule has 1 amide bonds. The first-order valence-corrected chi connectivity index (χ1v) is 6.25. The number of carbonyl (C=O) groups is 1. The Balaban J connectivity index is 1.87. The second-order valence-corrected chi connectivity index (χ2v) is 5.53. The van der Waals surface area contributed by atoms with Crippen molar-refractivity contribution in [1.29, 1.82) is 0 Å². The summed E-state index contributed by atoms with van der Waals surface area (Å²) in [7, 11) is 0. The van der Waals surface area contributed by atoms with E-state index in [-0.39, 0.29) is 11.9 Å². The molecule has 2 atom stereocenters. The summed E-state index contributed by atoms with van der Waals surface area (Å²) in [6.07, 6.45) is 4.04. The fourth-order valence-electron chi connectivity index (χ4n) is 2.30. The van der Waals surface area contributed by atoms with E-state index in [4.69, 9.17) is 0 Å². The van der Waals surface area contributed by atoms with Gasteiger partial charge in [0.2, 0.25) is 5.91 Å². The highest BCUT2D eigenvalue weighted by atomic mass is 16.3. The molecule has 0 aromatic heterocycles. The molecular formula is C12H22N2O2. The van der Waals surface area contributed by atoms with Crippen molar-refractivity contribution in [1.82, 2.24) is 10.2 Å². The van der Waals surface area contributed by atoms with Gasteiger partial charge in [0.1, 0.15) is 0 Å². The number of nitrogens with zero attached hydrogens (tertiary/aromatic N) is 1. The smallest absolute Gasteiger partial charge is 0.237 e. The molecule has 92 valence electrons. The highest BCUT2D eigenvalue weighted by Crippen LogP contribution is 2.23. The molecule has 1 saturated heterocycles. The lowest BCUT2D eigenvalue weighted by atomic mass is 9.94. The number of amides is 1. The largest absolute Gasteiger partial charge is 0.389 e. The maximum absolute atomic E-state index is 11.9. The van der Waals surface area contributed by atoms with E-state index >= 15 is 0 Å². The van der Waals surface area contributed by atoms with E-state index in [1.807, 2.05) is 13.8 Å². The van der Waals surface area contributed by atoms with Crippen molar-refractivity contribution in [3.8, 4) is 0 Å². The maximum atomic E-state index is 11.9. The Labute approximate surface area is 97.0 Å². The van der Waals surface area contributed by atoms with Gasteiger partial charge in [-0.15, -0.1) is 0 Å². The molecule has 0 radical (unpaired) electrons. The zero-order chi connectivity index (χ0) is 11.8. The molecule has 4 nitrogen and oxygen atoms in total. The first-order valence-electron chi connectivity index (χ1n) is 6.25. The molecular weight excluding hydrogens is 204 g/mol. The van der Waals surface area contributed by atoms with Crippen molar-refractivity contribution < 1.29 is 9.90 Å². The number of likely N-dealkylation sites (tertiary alicyclic amines) is 1. The Morgan fingerprint density at radius 3 is 2.81 bits per heavy atom. The van der Waals surface area contributed by atoms with E-state index in [0.29, 0.717) is 12.6 Å². The third-order valence-corrected chi connectivity index (χ3v) is 3.56. The average Bonchev–Trinajstić information content (AvgIpc) is 2.99. The number of β-amino-alcohol motifs (C(OH)–C–C–N with tert-alkyl or cyclic N) is 1. The van der Waals surface area contributed by atoms with E-state index in [2.05, 4.69) is 10.2 Å². The predicted molar refractivity (Wildman–Crippen MR) is 62.1 cm³/mol. The van der Waals surface area contributed by atoms with Gasteiger partial charge in [-0.25, -0.2) is 0 Å². The van der Waals surface area contributed by atoms with Gasteiger partial charge < -0.3 is 10.4 Å². The van der Waals surface area contributed by atoms with Crippen molar-refractivity contribution in [2.24, 2.45) is 0 Å². The van der Waals surface area contributed by atoms with E-state index in [1.54, 1.807) is 0 Å². The second kappa shape index (κ2) is 4.34. The first kappa shape index (κ1) is 11.9. The average molecular weight is 226 g/mol. The number of nitrogens with one attached hydrogen (secondary N) is 1. The zero-order valence-corrected chi connectivity index (χ0v) is 10.2. The minimum absolute atomic E-state index is 0.111. The van der Waals surface area contributed by atoms with Crippen LogP contribution in [0, 0.1) is 0 Å². The van der Waals surface area contributed by atoms with Crippen molar-refractivity contribution in [2.45, 2.75) is 57.2 Å². The predicted octanol–water partition coefficient (Wildman–Crippen LogP) is 0.500. The van der Waals surface area contributed by atoms with Gasteiger partial charge in [-0.1, -0.05) is 0 Å². The molecule has 1 aliphatic carbocycles. The molecule has 1 saturated carbocycles. The topological polar surface area (TPSA) is 52.6 Å². The molecule has 2 aliphatic rings. The van der Waals surface area contributed by atoms with Gasteiger partial charge in [0, 0.05) is 12.6 Å². The standard InChI is InChI=1S/C12H22N2O2/c1-9(11(15)13-10-4-5-10)14-7-3-6-12(2,16)8-14/h9-10,16H,3-8H2,1-2H3,(H,13,15). The second-order valence-electron chi connectivity index (χ2n) is 5.53. The third-order valence-electron chi connectivity index (χ3n) is 3.56. The fraction of sp³-hybridized carbons (Fsp3) is 0.917. The number of piperidine rings is 1. The summed E-state index contributed by atoms with van der Waals surface area (Å²) in [5.41, 5.74) is -0.633. The summed E-state index contributed by atoms with van der Waals surface area (Å²) in [6, 6.07) is 0.299. The molecule has 0 aromatic rings. The summed E-state index contributed by atoms with van der Waals surface area (Å²) < 4.78 is 0. The van der Waals surface area contributed by atoms with Crippen LogP contribution in [-0.2, 0) is 4.79 Å². The fourth-order valence-corrected chi connectivity index (χ4v) is 2.30. The van der Waals surface area contributed by atoms with Gasteiger partial charge in [-0.05, 0) is 46.1 Å². The van der Waals surface area contributed by atoms with Gasteiger partial charge in [0.25, 0.3) is 0 Å². The van der Waals surface area contributed by atoms with Gasteiger partial charge >= 0.3 is 0 Å². The number of hydrogen-bond donors (Lipinski definition) is 2. The molecule has 1 heterocycles. The van der Waals surface area contributed by atoms with Gasteiger partial charge in [-0.3, -0.25) is 9.69 Å². The first-order chi connectivity index (χ1) is 7.48. The Morgan fingerprint density at radius 1 is 1.56 bits per heavy atom. The number of rotatable bonds is 3. The molecule has 2 rings (SSSR count). The summed E-state index contributed by atoms with van der Waals surface area (Å²) in [4.78, 5) is 14.0. The number of carbonyl (C=O) groups excluding carboxylic acids is 1. The molecule has 2 unspecified atom stereocenters. The lowest BCUT2D eigenvalue weighted by Crippen LogP contribution is -2.54. The van der Waals surface area contributed by atoms with Crippen LogP contribution in [0.15, 0.2) is 0 Å². The van der Waals surface area contributed by atoms with Gasteiger partial charge in [-0.2, -0.15) is 0 Å². The summed E-state index contributed by atoms with van der Waals surface area (Å²) in [6.45, 7) is 5.30. The van der Waals surface area contributed by atoms with Crippen LogP contribution < -0.4 is 5.32 Å². The van der Waals surface area contributed by atoms with Crippen LogP contribution >= 0.6 is 0 Å². The molecule has 4 heteroatoms. The number of aliphatic hydroxyl groups is 1. The monoisotopic (exact) mass is 226 g/mol. The van der Waals surface area contributed by atoms with E-state index < -0.39 is 5.60 Å². The highest BCUT2D eigenvalue weighted by Gasteiger charge is 2.34. The van der Waals surface area contributed by atoms with Crippen molar-refractivity contribution in [2.75, 3.05) is 13.1 Å². The minimum atomic E-state index is -0.633. The molecule has 0 bridgehead atoms. The molecule has 16 heavy (non-hydrogen) atoms. The van der Waals surface area contributed by atoms with E-state index in [1.165, 1.54) is 0 Å². The van der Waals surface area contributed by atoms with Crippen molar-refractivity contribution in [3.05, 3.63) is 0 Å². The van der Waals surface area contributed by atoms with Crippen LogP contribution in [0.1, 0.15) is 39.5 Å². The Hall–Kier alpha value is -0.610. The molecule has 2 N–H and O–H groups in total. The van der Waals surface area contributed by atoms with Crippen LogP contribution in [0.3, 0.4) is 0 Å². The Bertz CT molecular complexity index is 274. The van der Waals surface area contributed by atoms with Gasteiger partial charge in [0.15, 0.2) is 0 Å². The highest BCUT2D eigenvalue weighted by molar-refractivity contribution is 5.81. The normalized spacial score (nSPS) is 33.4. The van der Waals surface area contributed by atoms with Crippen molar-refractivity contribution >= 4 is 5.91 Å². The lowest BCUT2D eigenvalue weighted by Gasteiger charge is -2.39. The molecule has 2 fully saturated rings. The maximum Gasteiger partial charge on any atom is 0.237 e. The number of hydrogen-bond acceptors (Lipinski definition) is 3. The SMILES string of the molecule is CC(C(=O)NC1CC1)N1CCCC(C)(O)C1. The van der Waals surface area contributed by atoms with Crippen LogP contribution in [0.25, 0.3) is 0 Å². The molecule has 0 spiro atoms. The lowest BCUT2D eigenvalue weighted by molar-refractivity contribution is -0.128. The van der Waals surface area contributed by atoms with E-state index in [9.17, 15) is 9.90 Å². The quantitative estimate of drug-likeness (QED) is 0.737. The zero-order valence-electron chi connectivity index (χ0n) is 10.2. The summed E-state index contributed by atoms with van der Waals surface area (Å²) >= 11 is 0. The molecule has 1 aliphatic heterocycles. The minimum Gasteiger partial charge on any atom is -0.389 e. The van der Waals surface area contributed by atoms with Crippen LogP contribution in [-0.4, -0.2) is 46.7 Å². The summed E-state index contributed by atoms with van der Waals surface area (Å²) in [5.74, 6) is 0.111. The summed E-state index contributed by atoms with van der Waals surface area (Å²) in [5, 5.41) is 13.0. The van der Waals surface area contributed by atoms with Crippen LogP contribution in [0.4, 0.5) is 0 Å². The molecule has 0 aromatic carbocycles. The van der Waals surface area contributed by atoms with Gasteiger partial charge in [0.05, 0.1) is 11.6 Å². The van der Waals surface area contributed by atoms with Crippen LogP contribution in [0.5, 0.6) is 0 Å². The third kappa shape index (κ3) is 2.95. The Morgan fingerprint density at radius 2 is 2.25 bits per heavy atom. The van der Waals surface area contributed by atoms with E-state index in [0.717, 1.165) is 32.2 Å².